The van der Waals surface area contributed by atoms with Crippen LogP contribution in [-0.2, 0) is 34.7 Å². The molecule has 0 aliphatic carbocycles. The first-order valence-corrected chi connectivity index (χ1v) is 12.8. The van der Waals surface area contributed by atoms with E-state index < -0.39 is 41.6 Å². The molecule has 6 atom stereocenters. The van der Waals surface area contributed by atoms with Gasteiger partial charge in [-0.3, -0.25) is 18.7 Å². The monoisotopic (exact) mass is 463 g/mol. The molecule has 1 N–H and O–H groups in total. The number of carbonyl (C=O) groups is 3. The molecular formula is C18H25NO7S3. The van der Waals surface area contributed by atoms with Crippen molar-refractivity contribution in [2.24, 2.45) is 11.8 Å². The van der Waals surface area contributed by atoms with E-state index >= 15 is 0 Å². The summed E-state index contributed by atoms with van der Waals surface area (Å²) in [6.07, 6.45) is 0.561. The topological polar surface area (TPSA) is 110 Å². The number of amides is 1. The number of ether oxygens (including phenoxy) is 2. The molecule has 1 amide bonds. The van der Waals surface area contributed by atoms with Crippen LogP contribution in [0.2, 0.25) is 0 Å². The number of nitrogens with zero attached hydrogens (tertiary/aromatic N) is 1. The van der Waals surface area contributed by atoms with Crippen molar-refractivity contribution >= 4 is 52.2 Å². The van der Waals surface area contributed by atoms with E-state index in [2.05, 4.69) is 0 Å². The van der Waals surface area contributed by atoms with Crippen molar-refractivity contribution in [3.05, 3.63) is 9.93 Å². The van der Waals surface area contributed by atoms with Gasteiger partial charge in [-0.15, -0.1) is 11.8 Å². The fourth-order valence-corrected chi connectivity index (χ4v) is 8.47. The summed E-state index contributed by atoms with van der Waals surface area (Å²) in [4.78, 5) is 38.3. The minimum atomic E-state index is -0.861. The van der Waals surface area contributed by atoms with E-state index in [9.17, 15) is 23.7 Å². The lowest BCUT2D eigenvalue weighted by atomic mass is 9.92. The van der Waals surface area contributed by atoms with Gasteiger partial charge < -0.3 is 14.6 Å². The zero-order valence-corrected chi connectivity index (χ0v) is 18.9. The second-order valence-corrected chi connectivity index (χ2v) is 11.6. The highest BCUT2D eigenvalue weighted by atomic mass is 32.2. The molecule has 8 nitrogen and oxygen atoms in total. The molecule has 0 aromatic carbocycles. The molecule has 1 unspecified atom stereocenters. The van der Waals surface area contributed by atoms with Crippen LogP contribution in [-0.4, -0.2) is 67.1 Å². The van der Waals surface area contributed by atoms with E-state index in [4.69, 9.17) is 9.47 Å². The number of thioether (sulfide) groups is 2. The van der Waals surface area contributed by atoms with Crippen molar-refractivity contribution in [2.75, 3.05) is 18.3 Å². The van der Waals surface area contributed by atoms with Gasteiger partial charge in [-0.2, -0.15) is 0 Å². The second-order valence-electron chi connectivity index (χ2n) is 7.28. The minimum absolute atomic E-state index is 0.100. The van der Waals surface area contributed by atoms with Crippen LogP contribution in [0.5, 0.6) is 0 Å². The van der Waals surface area contributed by atoms with Crippen molar-refractivity contribution in [3.63, 3.8) is 0 Å². The fraction of sp³-hybridized carbons (Fsp3) is 0.722. The van der Waals surface area contributed by atoms with Gasteiger partial charge in [0.1, 0.15) is 5.37 Å². The number of β-lactam (4-membered cyclic amide) rings is 1. The van der Waals surface area contributed by atoms with Gasteiger partial charge in [0.15, 0.2) is 5.70 Å². The van der Waals surface area contributed by atoms with Gasteiger partial charge in [0, 0.05) is 27.6 Å². The van der Waals surface area contributed by atoms with Gasteiger partial charge in [0.05, 0.1) is 22.2 Å². The Morgan fingerprint density at radius 3 is 2.69 bits per heavy atom. The van der Waals surface area contributed by atoms with Gasteiger partial charge in [0.25, 0.3) is 0 Å². The van der Waals surface area contributed by atoms with E-state index in [1.165, 1.54) is 28.4 Å². The van der Waals surface area contributed by atoms with Crippen molar-refractivity contribution < 1.29 is 33.2 Å². The first kappa shape index (κ1) is 22.6. The maximum Gasteiger partial charge on any atom is 0.359 e. The third kappa shape index (κ3) is 4.67. The molecule has 162 valence electrons. The van der Waals surface area contributed by atoms with E-state index in [-0.39, 0.29) is 28.1 Å². The smallest absolute Gasteiger partial charge is 0.359 e. The molecule has 0 saturated carbocycles. The normalized spacial score (nSPS) is 30.6. The maximum atomic E-state index is 12.7. The van der Waals surface area contributed by atoms with Crippen LogP contribution in [0.25, 0.3) is 0 Å². The van der Waals surface area contributed by atoms with Crippen molar-refractivity contribution in [2.45, 2.75) is 50.3 Å². The summed E-state index contributed by atoms with van der Waals surface area (Å²) < 4.78 is 22.4. The highest BCUT2D eigenvalue weighted by Crippen LogP contribution is 2.55. The van der Waals surface area contributed by atoms with Crippen LogP contribution < -0.4 is 0 Å². The van der Waals surface area contributed by atoms with E-state index in [1.54, 1.807) is 13.8 Å². The number of hydrogen-bond donors (Lipinski definition) is 1. The van der Waals surface area contributed by atoms with E-state index in [0.717, 1.165) is 6.42 Å². The molecule has 0 radical (unpaired) electrons. The third-order valence-corrected chi connectivity index (χ3v) is 9.73. The van der Waals surface area contributed by atoms with Crippen LogP contribution in [0.15, 0.2) is 9.93 Å². The quantitative estimate of drug-likeness (QED) is 0.324. The van der Waals surface area contributed by atoms with Crippen molar-refractivity contribution in [3.8, 4) is 0 Å². The molecule has 0 bridgehead atoms. The zero-order chi connectivity index (χ0) is 21.3. The highest BCUT2D eigenvalue weighted by Gasteiger charge is 2.58. The molecule has 0 aromatic heterocycles. The number of rotatable bonds is 8. The first-order valence-electron chi connectivity index (χ1n) is 9.52. The summed E-state index contributed by atoms with van der Waals surface area (Å²) in [5.41, 5.74) is 0.129. The first-order chi connectivity index (χ1) is 13.7. The van der Waals surface area contributed by atoms with Gasteiger partial charge in [0.2, 0.25) is 12.7 Å². The molecule has 11 heteroatoms. The standard InChI is InChI=1S/C18H25NO7S3/c1-4-9(2)16(22)25-8-26-17(23)13-18(27-11-5-6-29(24)7-11)28-15-12(10(3)20)14(21)19(13)15/h9-12,15,20H,4-8H2,1-3H3/t9?,10-,11+,12+,15-,29+/m1/s1. The van der Waals surface area contributed by atoms with Gasteiger partial charge >= 0.3 is 11.9 Å². The summed E-state index contributed by atoms with van der Waals surface area (Å²) in [5.74, 6) is -1.22. The van der Waals surface area contributed by atoms with Crippen LogP contribution in [0, 0.1) is 11.8 Å². The largest absolute Gasteiger partial charge is 0.428 e. The lowest BCUT2D eigenvalue weighted by Crippen LogP contribution is -2.60. The summed E-state index contributed by atoms with van der Waals surface area (Å²) in [6.45, 7) is 4.61. The number of aliphatic hydroxyl groups is 1. The van der Waals surface area contributed by atoms with Gasteiger partial charge in [-0.1, -0.05) is 25.6 Å². The highest BCUT2D eigenvalue weighted by molar-refractivity contribution is 8.23. The number of hydrogen-bond acceptors (Lipinski definition) is 9. The van der Waals surface area contributed by atoms with Crippen molar-refractivity contribution in [1.29, 1.82) is 0 Å². The summed E-state index contributed by atoms with van der Waals surface area (Å²) in [6, 6.07) is 0. The molecule has 2 saturated heterocycles. The van der Waals surface area contributed by atoms with Crippen molar-refractivity contribution in [1.82, 2.24) is 4.90 Å². The Morgan fingerprint density at radius 2 is 2.10 bits per heavy atom. The molecule has 3 rings (SSSR count). The number of fused-ring (bicyclic) bond motifs is 1. The number of carbonyl (C=O) groups excluding carboxylic acids is 3. The summed E-state index contributed by atoms with van der Waals surface area (Å²) in [7, 11) is -0.861. The molecule has 29 heavy (non-hydrogen) atoms. The predicted molar refractivity (Wildman–Crippen MR) is 111 cm³/mol. The Morgan fingerprint density at radius 1 is 1.38 bits per heavy atom. The molecule has 3 heterocycles. The molecule has 2 fully saturated rings. The molecule has 0 aromatic rings. The average molecular weight is 464 g/mol. The second kappa shape index (κ2) is 9.40. The predicted octanol–water partition coefficient (Wildman–Crippen LogP) is 1.41. The Balaban J connectivity index is 1.70. The Bertz CT molecular complexity index is 754. The Labute approximate surface area is 180 Å². The van der Waals surface area contributed by atoms with Crippen LogP contribution in [0.3, 0.4) is 0 Å². The summed E-state index contributed by atoms with van der Waals surface area (Å²) >= 11 is 2.79. The zero-order valence-electron chi connectivity index (χ0n) is 16.5. The number of aliphatic hydroxyl groups excluding tert-OH is 1. The third-order valence-electron chi connectivity index (χ3n) is 5.18. The molecule has 0 spiro atoms. The number of esters is 2. The lowest BCUT2D eigenvalue weighted by molar-refractivity contribution is -0.171. The Hall–Kier alpha value is -1.04. The van der Waals surface area contributed by atoms with Gasteiger partial charge in [-0.25, -0.2) is 4.79 Å². The minimum Gasteiger partial charge on any atom is -0.428 e. The van der Waals surface area contributed by atoms with E-state index in [1.807, 2.05) is 6.92 Å². The molecule has 3 aliphatic rings. The lowest BCUT2D eigenvalue weighted by Gasteiger charge is -2.43. The SMILES string of the molecule is CCC(C)C(=O)OCOC(=O)C1=C(S[C@H]2CC[S@](=O)C2)S[C@@H]2[C@@H]([C@@H](C)O)C(=O)N12. The van der Waals surface area contributed by atoms with Crippen LogP contribution >= 0.6 is 23.5 Å². The molecular weight excluding hydrogens is 438 g/mol. The van der Waals surface area contributed by atoms with Gasteiger partial charge in [-0.05, 0) is 19.8 Å². The van der Waals surface area contributed by atoms with Crippen LogP contribution in [0.1, 0.15) is 33.6 Å². The maximum absolute atomic E-state index is 12.7. The van der Waals surface area contributed by atoms with E-state index in [0.29, 0.717) is 22.2 Å². The average Bonchev–Trinajstić information content (AvgIpc) is 3.21. The van der Waals surface area contributed by atoms with Crippen LogP contribution in [0.4, 0.5) is 0 Å². The Kier molecular flexibility index (Phi) is 7.34. The molecule has 3 aliphatic heterocycles. The summed E-state index contributed by atoms with van der Waals surface area (Å²) in [5, 5.41) is 9.64. The fourth-order valence-electron chi connectivity index (χ4n) is 3.22.